The van der Waals surface area contributed by atoms with Crippen LogP contribution >= 0.6 is 22.7 Å². The number of carbonyl (C=O) groups is 2. The standard InChI is InChI=1S/C23H19FN4O2S.C21H20FN3O3.C3H3NS/c1-14-10-19(24)18(12-17(14)22(29)23-25-4-9-31-23)21-16-3-2-15(11-20(16)26-13-27-21)28-5-7-30-8-6-28;1-13-9-18(22)17(11-16(13)21(26)27-2)20-15-4-3-14(10-19(15)23-12-24-20)25-5-7-28-8-6-25;1-2-5-3-4-1/h2-4,9-13H,5-8H2,1H3;3-4,9-12H,5-8H2,1-2H3;1-3H. The number of thiazole rings is 2. The molecule has 4 aromatic heterocycles. The van der Waals surface area contributed by atoms with Gasteiger partial charge in [0.1, 0.15) is 24.3 Å². The number of aryl methyl sites for hydroxylation is 2. The first-order chi connectivity index (χ1) is 31.2. The van der Waals surface area contributed by atoms with Gasteiger partial charge in [0.05, 0.1) is 67.0 Å². The second kappa shape index (κ2) is 20.2. The smallest absolute Gasteiger partial charge is 0.338 e. The molecule has 8 aromatic rings. The number of ether oxygens (including phenoxy) is 3. The summed E-state index contributed by atoms with van der Waals surface area (Å²) < 4.78 is 45.4. The summed E-state index contributed by atoms with van der Waals surface area (Å²) in [6.07, 6.45) is 6.20. The molecule has 10 rings (SSSR count). The lowest BCUT2D eigenvalue weighted by Gasteiger charge is -2.29. The van der Waals surface area contributed by atoms with Crippen molar-refractivity contribution in [2.24, 2.45) is 0 Å². The van der Waals surface area contributed by atoms with Gasteiger partial charge in [-0.3, -0.25) is 9.78 Å². The Hall–Kier alpha value is -6.66. The molecular formula is C47H42F2N8O5S2. The molecule has 0 aliphatic carbocycles. The molecule has 2 saturated heterocycles. The van der Waals surface area contributed by atoms with E-state index in [4.69, 9.17) is 14.2 Å². The number of hydrogen-bond acceptors (Lipinski definition) is 15. The Balaban J connectivity index is 0.000000158. The van der Waals surface area contributed by atoms with Crippen LogP contribution in [0.5, 0.6) is 0 Å². The fraction of sp³-hybridized carbons (Fsp3) is 0.234. The summed E-state index contributed by atoms with van der Waals surface area (Å²) in [5.74, 6) is -1.60. The van der Waals surface area contributed by atoms with E-state index in [1.54, 1.807) is 54.5 Å². The Morgan fingerprint density at radius 3 is 1.64 bits per heavy atom. The zero-order valence-corrected chi connectivity index (χ0v) is 36.8. The van der Waals surface area contributed by atoms with Crippen molar-refractivity contribution in [3.8, 4) is 22.5 Å². The van der Waals surface area contributed by atoms with Crippen molar-refractivity contribution >= 4 is 67.6 Å². The van der Waals surface area contributed by atoms with Gasteiger partial charge in [0, 0.05) is 88.2 Å². The molecule has 2 fully saturated rings. The van der Waals surface area contributed by atoms with E-state index in [9.17, 15) is 14.0 Å². The van der Waals surface area contributed by atoms with Crippen molar-refractivity contribution < 1.29 is 32.6 Å². The maximum absolute atomic E-state index is 15.0. The van der Waals surface area contributed by atoms with Gasteiger partial charge in [0.25, 0.3) is 0 Å². The van der Waals surface area contributed by atoms with E-state index in [1.807, 2.05) is 41.8 Å². The van der Waals surface area contributed by atoms with Crippen LogP contribution in [0.3, 0.4) is 0 Å². The molecule has 0 N–H and O–H groups in total. The molecule has 0 spiro atoms. The average molecular weight is 901 g/mol. The third kappa shape index (κ3) is 9.77. The molecule has 0 bridgehead atoms. The quantitative estimate of drug-likeness (QED) is 0.111. The minimum atomic E-state index is -0.508. The van der Waals surface area contributed by atoms with Gasteiger partial charge < -0.3 is 24.0 Å². The van der Waals surface area contributed by atoms with E-state index in [1.165, 1.54) is 49.3 Å². The summed E-state index contributed by atoms with van der Waals surface area (Å²) in [6, 6.07) is 17.5. The van der Waals surface area contributed by atoms with Gasteiger partial charge in [-0.25, -0.2) is 38.5 Å². The molecule has 0 amide bonds. The van der Waals surface area contributed by atoms with Gasteiger partial charge in [-0.1, -0.05) is 0 Å². The van der Waals surface area contributed by atoms with Crippen LogP contribution in [-0.2, 0) is 14.2 Å². The van der Waals surface area contributed by atoms with E-state index >= 15 is 4.39 Å². The lowest BCUT2D eigenvalue weighted by atomic mass is 9.97. The number of morpholine rings is 2. The second-order valence-corrected chi connectivity index (χ2v) is 16.3. The van der Waals surface area contributed by atoms with Crippen LogP contribution in [0, 0.1) is 25.5 Å². The normalized spacial score (nSPS) is 13.8. The van der Waals surface area contributed by atoms with Crippen LogP contribution in [0.25, 0.3) is 44.3 Å². The first-order valence-electron chi connectivity index (χ1n) is 20.3. The van der Waals surface area contributed by atoms with E-state index < -0.39 is 17.6 Å². The number of esters is 1. The number of rotatable bonds is 7. The minimum Gasteiger partial charge on any atom is -0.465 e. The van der Waals surface area contributed by atoms with Crippen LogP contribution in [0.15, 0.2) is 102 Å². The summed E-state index contributed by atoms with van der Waals surface area (Å²) in [6.45, 7) is 9.44. The molecule has 0 saturated carbocycles. The molecule has 2 aliphatic rings. The highest BCUT2D eigenvalue weighted by atomic mass is 32.1. The van der Waals surface area contributed by atoms with Crippen molar-refractivity contribution in [1.82, 2.24) is 29.9 Å². The van der Waals surface area contributed by atoms with Crippen LogP contribution in [0.2, 0.25) is 0 Å². The van der Waals surface area contributed by atoms with Crippen molar-refractivity contribution in [1.29, 1.82) is 0 Å². The topological polar surface area (TPSA) is 146 Å². The average Bonchev–Trinajstić information content (AvgIpc) is 4.11. The van der Waals surface area contributed by atoms with Gasteiger partial charge in [-0.05, 0) is 85.6 Å². The number of fused-ring (bicyclic) bond motifs is 2. The molecule has 0 radical (unpaired) electrons. The zero-order valence-electron chi connectivity index (χ0n) is 35.2. The molecular weight excluding hydrogens is 859 g/mol. The Morgan fingerprint density at radius 1 is 0.656 bits per heavy atom. The SMILES string of the molecule is COC(=O)c1cc(-c2ncnc3cc(N4CCOCC4)ccc23)c(F)cc1C.Cc1cc(F)c(-c2ncnc3cc(N4CCOCC4)ccc23)cc1C(=O)c1nccs1.c1cscn1. The van der Waals surface area contributed by atoms with Crippen LogP contribution in [0.1, 0.15) is 36.9 Å². The second-order valence-electron chi connectivity index (χ2n) is 14.7. The van der Waals surface area contributed by atoms with Crippen molar-refractivity contribution in [3.63, 3.8) is 0 Å². The van der Waals surface area contributed by atoms with Crippen LogP contribution in [-0.4, -0.2) is 101 Å². The Bertz CT molecular complexity index is 2890. The number of halogens is 2. The Labute approximate surface area is 375 Å². The predicted octanol–water partition coefficient (Wildman–Crippen LogP) is 8.78. The Morgan fingerprint density at radius 2 is 1.19 bits per heavy atom. The van der Waals surface area contributed by atoms with Gasteiger partial charge in [0.2, 0.25) is 5.78 Å². The first kappa shape index (κ1) is 44.0. The number of hydrogen-bond donors (Lipinski definition) is 0. The molecule has 326 valence electrons. The minimum absolute atomic E-state index is 0.221. The van der Waals surface area contributed by atoms with Gasteiger partial charge in [0.15, 0.2) is 5.01 Å². The molecule has 64 heavy (non-hydrogen) atoms. The van der Waals surface area contributed by atoms with Gasteiger partial charge >= 0.3 is 5.97 Å². The highest BCUT2D eigenvalue weighted by Gasteiger charge is 2.22. The maximum atomic E-state index is 15.0. The van der Waals surface area contributed by atoms with E-state index in [-0.39, 0.29) is 16.9 Å². The summed E-state index contributed by atoms with van der Waals surface area (Å²) in [4.78, 5) is 54.6. The number of carbonyl (C=O) groups excluding carboxylic acids is 2. The third-order valence-corrected chi connectivity index (χ3v) is 12.0. The molecule has 4 aromatic carbocycles. The summed E-state index contributed by atoms with van der Waals surface area (Å²) >= 11 is 2.87. The third-order valence-electron chi connectivity index (χ3n) is 10.8. The molecule has 13 nitrogen and oxygen atoms in total. The van der Waals surface area contributed by atoms with E-state index in [2.05, 4.69) is 39.7 Å². The molecule has 6 heterocycles. The number of benzene rings is 4. The van der Waals surface area contributed by atoms with E-state index in [0.717, 1.165) is 53.8 Å². The highest BCUT2D eigenvalue weighted by molar-refractivity contribution is 7.11. The predicted molar refractivity (Wildman–Crippen MR) is 244 cm³/mol. The number of aromatic nitrogens is 6. The van der Waals surface area contributed by atoms with Gasteiger partial charge in [-0.15, -0.1) is 22.7 Å². The number of ketones is 1. The molecule has 17 heteroatoms. The molecule has 0 atom stereocenters. The zero-order chi connectivity index (χ0) is 44.6. The Kier molecular flexibility index (Phi) is 13.9. The summed E-state index contributed by atoms with van der Waals surface area (Å²) in [5.41, 5.74) is 8.56. The van der Waals surface area contributed by atoms with Crippen molar-refractivity contribution in [3.05, 3.63) is 141 Å². The van der Waals surface area contributed by atoms with E-state index in [0.29, 0.717) is 70.6 Å². The molecule has 2 aliphatic heterocycles. The van der Waals surface area contributed by atoms with Crippen LogP contribution < -0.4 is 9.80 Å². The number of methoxy groups -OCH3 is 1. The lowest BCUT2D eigenvalue weighted by Crippen LogP contribution is -2.36. The molecule has 0 unspecified atom stereocenters. The number of nitrogens with zero attached hydrogens (tertiary/aromatic N) is 8. The summed E-state index contributed by atoms with van der Waals surface area (Å²) in [5, 5.41) is 5.51. The van der Waals surface area contributed by atoms with Crippen molar-refractivity contribution in [2.75, 3.05) is 69.5 Å². The van der Waals surface area contributed by atoms with Crippen LogP contribution in [0.4, 0.5) is 20.2 Å². The fourth-order valence-electron chi connectivity index (χ4n) is 7.47. The van der Waals surface area contributed by atoms with Gasteiger partial charge in [-0.2, -0.15) is 0 Å². The fourth-order valence-corrected chi connectivity index (χ4v) is 8.41. The highest BCUT2D eigenvalue weighted by Crippen LogP contribution is 2.34. The first-order valence-corrected chi connectivity index (χ1v) is 22.1. The maximum Gasteiger partial charge on any atom is 0.338 e. The summed E-state index contributed by atoms with van der Waals surface area (Å²) in [7, 11) is 1.30. The largest absolute Gasteiger partial charge is 0.465 e. The lowest BCUT2D eigenvalue weighted by molar-refractivity contribution is 0.0599. The van der Waals surface area contributed by atoms with Crippen molar-refractivity contribution in [2.45, 2.75) is 13.8 Å². The monoisotopic (exact) mass is 900 g/mol. The number of anilines is 2.